The van der Waals surface area contributed by atoms with Gasteiger partial charge in [-0.25, -0.2) is 0 Å². The number of methoxy groups -OCH3 is 1. The predicted molar refractivity (Wildman–Crippen MR) is 138 cm³/mol. The zero-order valence-electron chi connectivity index (χ0n) is 22.6. The van der Waals surface area contributed by atoms with Crippen LogP contribution in [0.3, 0.4) is 0 Å². The summed E-state index contributed by atoms with van der Waals surface area (Å²) in [6.45, 7) is 13.8. The predicted octanol–water partition coefficient (Wildman–Crippen LogP) is 5.53. The zero-order valence-corrected chi connectivity index (χ0v) is 22.6. The molecule has 4 rings (SSSR count). The second kappa shape index (κ2) is 10.0. The van der Waals surface area contributed by atoms with Crippen molar-refractivity contribution in [2.75, 3.05) is 26.9 Å². The largest absolute Gasteiger partial charge is 0.497 e. The van der Waals surface area contributed by atoms with Crippen molar-refractivity contribution < 1.29 is 28.5 Å². The Morgan fingerprint density at radius 1 is 1.17 bits per heavy atom. The summed E-state index contributed by atoms with van der Waals surface area (Å²) in [7, 11) is 1.64. The van der Waals surface area contributed by atoms with Crippen molar-refractivity contribution in [2.24, 2.45) is 28.1 Å². The summed E-state index contributed by atoms with van der Waals surface area (Å²) >= 11 is 0. The lowest BCUT2D eigenvalue weighted by molar-refractivity contribution is -0.237. The molecule has 1 aliphatic heterocycles. The van der Waals surface area contributed by atoms with E-state index in [1.54, 1.807) is 14.0 Å². The molecule has 0 N–H and O–H groups in total. The SMILES string of the molecule is C=C[C@](C)(COCc1ccc(OC)cc1)CC(=O)[C@@]1(C)C2C3(CC[C@]2(C(C)=O)CC[C@H]1C)OCCO3. The van der Waals surface area contributed by atoms with Gasteiger partial charge in [-0.1, -0.05) is 39.0 Å². The maximum atomic E-state index is 14.3. The Balaban J connectivity index is 1.54. The second-order valence-electron chi connectivity index (χ2n) is 11.7. The number of carbonyl (C=O) groups is 2. The van der Waals surface area contributed by atoms with Gasteiger partial charge in [-0.2, -0.15) is 0 Å². The van der Waals surface area contributed by atoms with Crippen LogP contribution in [0.25, 0.3) is 0 Å². The molecule has 6 nitrogen and oxygen atoms in total. The van der Waals surface area contributed by atoms with Crippen molar-refractivity contribution >= 4 is 11.6 Å². The molecule has 0 radical (unpaired) electrons. The highest BCUT2D eigenvalue weighted by atomic mass is 16.7. The van der Waals surface area contributed by atoms with Gasteiger partial charge in [-0.3, -0.25) is 9.59 Å². The maximum absolute atomic E-state index is 14.3. The molecular formula is C30H42O6. The van der Waals surface area contributed by atoms with Crippen LogP contribution in [0, 0.1) is 28.1 Å². The van der Waals surface area contributed by atoms with Crippen LogP contribution < -0.4 is 4.74 Å². The average molecular weight is 499 g/mol. The summed E-state index contributed by atoms with van der Waals surface area (Å²) < 4.78 is 23.8. The van der Waals surface area contributed by atoms with Crippen LogP contribution in [0.15, 0.2) is 36.9 Å². The number of hydrogen-bond acceptors (Lipinski definition) is 6. The van der Waals surface area contributed by atoms with Gasteiger partial charge in [-0.15, -0.1) is 6.58 Å². The van der Waals surface area contributed by atoms with Crippen molar-refractivity contribution in [3.63, 3.8) is 0 Å². The van der Waals surface area contributed by atoms with Crippen LogP contribution >= 0.6 is 0 Å². The number of Topliss-reactive ketones (excluding diaryl/α,β-unsaturated/α-hetero) is 2. The average Bonchev–Trinajstić information content (AvgIpc) is 3.48. The minimum absolute atomic E-state index is 0.111. The third kappa shape index (κ3) is 4.46. The zero-order chi connectivity index (χ0) is 26.2. The lowest BCUT2D eigenvalue weighted by atomic mass is 9.48. The van der Waals surface area contributed by atoms with E-state index in [0.29, 0.717) is 45.7 Å². The van der Waals surface area contributed by atoms with E-state index in [0.717, 1.165) is 24.2 Å². The fourth-order valence-corrected chi connectivity index (χ4v) is 7.10. The lowest BCUT2D eigenvalue weighted by Crippen LogP contribution is -2.60. The normalized spacial score (nSPS) is 32.6. The fourth-order valence-electron chi connectivity index (χ4n) is 7.10. The third-order valence-corrected chi connectivity index (χ3v) is 9.55. The van der Waals surface area contributed by atoms with E-state index in [4.69, 9.17) is 18.9 Å². The molecule has 0 aromatic heterocycles. The summed E-state index contributed by atoms with van der Waals surface area (Å²) in [4.78, 5) is 27.5. The number of carbonyl (C=O) groups excluding carboxylic acids is 2. The van der Waals surface area contributed by atoms with E-state index in [2.05, 4.69) is 20.4 Å². The van der Waals surface area contributed by atoms with Gasteiger partial charge in [0.15, 0.2) is 5.79 Å². The van der Waals surface area contributed by atoms with Gasteiger partial charge >= 0.3 is 0 Å². The summed E-state index contributed by atoms with van der Waals surface area (Å²) in [6, 6.07) is 7.77. The Kier molecular flexibility index (Phi) is 7.53. The summed E-state index contributed by atoms with van der Waals surface area (Å²) in [5.41, 5.74) is -0.816. The van der Waals surface area contributed by atoms with Gasteiger partial charge in [0.1, 0.15) is 17.3 Å². The van der Waals surface area contributed by atoms with Gasteiger partial charge in [0, 0.05) is 35.0 Å². The Hall–Kier alpha value is -2.02. The Labute approximate surface area is 215 Å². The molecule has 1 aromatic carbocycles. The first-order valence-electron chi connectivity index (χ1n) is 13.2. The third-order valence-electron chi connectivity index (χ3n) is 9.55. The van der Waals surface area contributed by atoms with Crippen molar-refractivity contribution in [2.45, 2.75) is 72.2 Å². The topological polar surface area (TPSA) is 71.1 Å². The van der Waals surface area contributed by atoms with E-state index in [1.165, 1.54) is 0 Å². The number of hydrogen-bond donors (Lipinski definition) is 0. The molecule has 1 aromatic rings. The van der Waals surface area contributed by atoms with Gasteiger partial charge in [0.25, 0.3) is 0 Å². The molecule has 0 bridgehead atoms. The van der Waals surface area contributed by atoms with E-state index in [-0.39, 0.29) is 23.4 Å². The summed E-state index contributed by atoms with van der Waals surface area (Å²) in [5.74, 6) is 0.0734. The first-order chi connectivity index (χ1) is 17.1. The van der Waals surface area contributed by atoms with E-state index in [1.807, 2.05) is 37.3 Å². The van der Waals surface area contributed by atoms with Gasteiger partial charge in [-0.05, 0) is 49.8 Å². The molecule has 3 fully saturated rings. The van der Waals surface area contributed by atoms with Crippen LogP contribution in [-0.4, -0.2) is 44.3 Å². The highest BCUT2D eigenvalue weighted by Crippen LogP contribution is 2.67. The second-order valence-corrected chi connectivity index (χ2v) is 11.7. The highest BCUT2D eigenvalue weighted by Gasteiger charge is 2.71. The number of ketones is 2. The molecule has 5 atom stereocenters. The molecule has 1 heterocycles. The molecule has 1 spiro atoms. The molecule has 2 aliphatic carbocycles. The van der Waals surface area contributed by atoms with Crippen molar-refractivity contribution in [3.05, 3.63) is 42.5 Å². The van der Waals surface area contributed by atoms with Crippen molar-refractivity contribution in [1.82, 2.24) is 0 Å². The Morgan fingerprint density at radius 2 is 1.83 bits per heavy atom. The smallest absolute Gasteiger partial charge is 0.173 e. The quantitative estimate of drug-likeness (QED) is 0.395. The lowest BCUT2D eigenvalue weighted by Gasteiger charge is -2.55. The molecule has 2 saturated carbocycles. The summed E-state index contributed by atoms with van der Waals surface area (Å²) in [6.07, 6.45) is 5.13. The number of ether oxygens (including phenoxy) is 4. The van der Waals surface area contributed by atoms with Crippen molar-refractivity contribution in [1.29, 1.82) is 0 Å². The number of fused-ring (bicyclic) bond motifs is 2. The molecular weight excluding hydrogens is 456 g/mol. The Bertz CT molecular complexity index is 980. The minimum Gasteiger partial charge on any atom is -0.497 e. The van der Waals surface area contributed by atoms with Crippen LogP contribution in [-0.2, 0) is 30.4 Å². The first kappa shape index (κ1) is 27.0. The number of benzene rings is 1. The van der Waals surface area contributed by atoms with Crippen molar-refractivity contribution in [3.8, 4) is 5.75 Å². The number of rotatable bonds is 10. The van der Waals surface area contributed by atoms with Gasteiger partial charge in [0.2, 0.25) is 0 Å². The van der Waals surface area contributed by atoms with E-state index >= 15 is 0 Å². The molecule has 198 valence electrons. The molecule has 0 amide bonds. The highest BCUT2D eigenvalue weighted by molar-refractivity contribution is 5.90. The van der Waals surface area contributed by atoms with Crippen LogP contribution in [0.4, 0.5) is 0 Å². The monoisotopic (exact) mass is 498 g/mol. The molecule has 36 heavy (non-hydrogen) atoms. The summed E-state index contributed by atoms with van der Waals surface area (Å²) in [5, 5.41) is 0. The minimum atomic E-state index is -0.847. The maximum Gasteiger partial charge on any atom is 0.173 e. The molecule has 6 heteroatoms. The Morgan fingerprint density at radius 3 is 2.42 bits per heavy atom. The molecule has 1 unspecified atom stereocenters. The first-order valence-corrected chi connectivity index (χ1v) is 13.2. The van der Waals surface area contributed by atoms with Crippen LogP contribution in [0.5, 0.6) is 5.75 Å². The fraction of sp³-hybridized carbons (Fsp3) is 0.667. The van der Waals surface area contributed by atoms with Gasteiger partial charge in [0.05, 0.1) is 33.5 Å². The molecule has 3 aliphatic rings. The van der Waals surface area contributed by atoms with E-state index in [9.17, 15) is 9.59 Å². The molecule has 1 saturated heterocycles. The van der Waals surface area contributed by atoms with E-state index < -0.39 is 22.0 Å². The van der Waals surface area contributed by atoms with Crippen LogP contribution in [0.1, 0.15) is 65.4 Å². The van der Waals surface area contributed by atoms with Crippen LogP contribution in [0.2, 0.25) is 0 Å². The standard InChI is InChI=1S/C30H42O6/c1-7-27(4,20-34-19-23-8-10-24(33-6)11-9-23)18-25(32)28(5)21(2)12-13-29(22(3)31)14-15-30(26(28)29)35-16-17-36-30/h7-11,21,26H,1,12-20H2,2-6H3/t21-,26?,27+,28+,29+/m1/s1. The van der Waals surface area contributed by atoms with Gasteiger partial charge < -0.3 is 18.9 Å².